The highest BCUT2D eigenvalue weighted by molar-refractivity contribution is 5.14. The molecule has 0 radical (unpaired) electrons. The Balaban J connectivity index is 2.30. The van der Waals surface area contributed by atoms with E-state index in [-0.39, 0.29) is 5.60 Å². The van der Waals surface area contributed by atoms with Gasteiger partial charge in [0.25, 0.3) is 0 Å². The van der Waals surface area contributed by atoms with Gasteiger partial charge in [0.2, 0.25) is 0 Å². The SMILES string of the molecule is C=CC(C)=CCC1OC1(C)C. The summed E-state index contributed by atoms with van der Waals surface area (Å²) in [6.45, 7) is 9.98. The third kappa shape index (κ3) is 2.19. The van der Waals surface area contributed by atoms with Gasteiger partial charge in [-0.1, -0.05) is 24.3 Å². The summed E-state index contributed by atoms with van der Waals surface area (Å²) in [7, 11) is 0. The van der Waals surface area contributed by atoms with Crippen LogP contribution in [0.15, 0.2) is 24.3 Å². The van der Waals surface area contributed by atoms with Crippen molar-refractivity contribution in [2.45, 2.75) is 38.9 Å². The summed E-state index contributed by atoms with van der Waals surface area (Å²) >= 11 is 0. The van der Waals surface area contributed by atoms with E-state index >= 15 is 0 Å². The monoisotopic (exact) mass is 152 g/mol. The molecule has 0 aliphatic carbocycles. The van der Waals surface area contributed by atoms with E-state index in [1.807, 2.05) is 6.08 Å². The molecule has 1 heteroatoms. The fourth-order valence-corrected chi connectivity index (χ4v) is 1.04. The normalized spacial score (nSPS) is 28.3. The minimum Gasteiger partial charge on any atom is -0.366 e. The maximum Gasteiger partial charge on any atom is 0.0902 e. The van der Waals surface area contributed by atoms with Gasteiger partial charge in [0, 0.05) is 0 Å². The Morgan fingerprint density at radius 3 is 2.55 bits per heavy atom. The largest absolute Gasteiger partial charge is 0.366 e. The van der Waals surface area contributed by atoms with Gasteiger partial charge in [-0.25, -0.2) is 0 Å². The smallest absolute Gasteiger partial charge is 0.0902 e. The second-order valence-corrected chi connectivity index (χ2v) is 3.60. The number of hydrogen-bond acceptors (Lipinski definition) is 1. The van der Waals surface area contributed by atoms with Gasteiger partial charge >= 0.3 is 0 Å². The first-order valence-electron chi connectivity index (χ1n) is 4.03. The molecule has 1 unspecified atom stereocenters. The van der Waals surface area contributed by atoms with Crippen LogP contribution >= 0.6 is 0 Å². The average Bonchev–Trinajstić information content (AvgIpc) is 2.54. The summed E-state index contributed by atoms with van der Waals surface area (Å²) in [4.78, 5) is 0. The second kappa shape index (κ2) is 2.82. The number of hydrogen-bond donors (Lipinski definition) is 0. The summed E-state index contributed by atoms with van der Waals surface area (Å²) in [6.07, 6.45) is 5.49. The maximum atomic E-state index is 5.42. The van der Waals surface area contributed by atoms with Gasteiger partial charge in [-0.2, -0.15) is 0 Å². The quantitative estimate of drug-likeness (QED) is 0.447. The van der Waals surface area contributed by atoms with E-state index < -0.39 is 0 Å². The number of ether oxygens (including phenoxy) is 1. The molecule has 0 aromatic rings. The fraction of sp³-hybridized carbons (Fsp3) is 0.600. The lowest BCUT2D eigenvalue weighted by Crippen LogP contribution is -2.01. The lowest BCUT2D eigenvalue weighted by molar-refractivity contribution is 0.324. The van der Waals surface area contributed by atoms with Gasteiger partial charge in [-0.05, 0) is 27.2 Å². The minimum absolute atomic E-state index is 0.123. The lowest BCUT2D eigenvalue weighted by atomic mass is 10.1. The summed E-state index contributed by atoms with van der Waals surface area (Å²) in [5.74, 6) is 0. The zero-order chi connectivity index (χ0) is 8.48. The van der Waals surface area contributed by atoms with Crippen LogP contribution in [0.2, 0.25) is 0 Å². The van der Waals surface area contributed by atoms with Crippen molar-refractivity contribution in [3.05, 3.63) is 24.3 Å². The number of allylic oxidation sites excluding steroid dienone is 2. The van der Waals surface area contributed by atoms with E-state index in [1.165, 1.54) is 5.57 Å². The van der Waals surface area contributed by atoms with Gasteiger partial charge in [0.1, 0.15) is 0 Å². The van der Waals surface area contributed by atoms with Gasteiger partial charge < -0.3 is 4.74 Å². The zero-order valence-corrected chi connectivity index (χ0v) is 7.55. The molecule has 1 aliphatic heterocycles. The molecule has 1 aliphatic rings. The molecule has 0 saturated carbocycles. The molecule has 0 bridgehead atoms. The fourth-order valence-electron chi connectivity index (χ4n) is 1.04. The van der Waals surface area contributed by atoms with E-state index in [1.54, 1.807) is 0 Å². The Morgan fingerprint density at radius 2 is 2.18 bits per heavy atom. The van der Waals surface area contributed by atoms with Gasteiger partial charge in [0.05, 0.1) is 11.7 Å². The standard InChI is InChI=1S/C10H16O/c1-5-8(2)6-7-9-10(3,4)11-9/h5-6,9H,1,7H2,2-4H3. The summed E-state index contributed by atoms with van der Waals surface area (Å²) in [6, 6.07) is 0. The Labute approximate surface area is 68.8 Å². The van der Waals surface area contributed by atoms with Crippen LogP contribution in [0.3, 0.4) is 0 Å². The summed E-state index contributed by atoms with van der Waals surface area (Å²) in [5.41, 5.74) is 1.36. The third-order valence-corrected chi connectivity index (χ3v) is 2.14. The van der Waals surface area contributed by atoms with Crippen molar-refractivity contribution in [3.8, 4) is 0 Å². The maximum absolute atomic E-state index is 5.42. The topological polar surface area (TPSA) is 12.5 Å². The molecule has 1 atom stereocenters. The van der Waals surface area contributed by atoms with Crippen molar-refractivity contribution in [3.63, 3.8) is 0 Å². The first-order chi connectivity index (χ1) is 5.06. The molecule has 0 amide bonds. The van der Waals surface area contributed by atoms with Gasteiger partial charge in [-0.15, -0.1) is 0 Å². The lowest BCUT2D eigenvalue weighted by Gasteiger charge is -1.92. The van der Waals surface area contributed by atoms with Gasteiger partial charge in [0.15, 0.2) is 0 Å². The van der Waals surface area contributed by atoms with Crippen molar-refractivity contribution in [1.82, 2.24) is 0 Å². The van der Waals surface area contributed by atoms with Gasteiger partial charge in [-0.3, -0.25) is 0 Å². The Kier molecular flexibility index (Phi) is 2.19. The van der Waals surface area contributed by atoms with E-state index in [4.69, 9.17) is 4.74 Å². The van der Waals surface area contributed by atoms with E-state index in [2.05, 4.69) is 33.4 Å². The Bertz CT molecular complexity index is 189. The molecule has 1 rings (SSSR count). The first kappa shape index (κ1) is 8.54. The molecule has 0 aromatic heterocycles. The number of rotatable bonds is 3. The van der Waals surface area contributed by atoms with Crippen LogP contribution in [-0.4, -0.2) is 11.7 Å². The molecule has 1 heterocycles. The first-order valence-corrected chi connectivity index (χ1v) is 4.03. The van der Waals surface area contributed by atoms with E-state index in [9.17, 15) is 0 Å². The highest BCUT2D eigenvalue weighted by atomic mass is 16.6. The molecule has 0 N–H and O–H groups in total. The molecule has 62 valence electrons. The predicted octanol–water partition coefficient (Wildman–Crippen LogP) is 2.69. The van der Waals surface area contributed by atoms with Crippen LogP contribution in [0, 0.1) is 0 Å². The highest BCUT2D eigenvalue weighted by Crippen LogP contribution is 2.37. The van der Waals surface area contributed by atoms with Crippen molar-refractivity contribution in [2.75, 3.05) is 0 Å². The molecular weight excluding hydrogens is 136 g/mol. The van der Waals surface area contributed by atoms with Crippen LogP contribution in [0.5, 0.6) is 0 Å². The molecule has 0 aromatic carbocycles. The zero-order valence-electron chi connectivity index (χ0n) is 7.55. The second-order valence-electron chi connectivity index (χ2n) is 3.60. The molecule has 1 saturated heterocycles. The Morgan fingerprint density at radius 1 is 1.64 bits per heavy atom. The van der Waals surface area contributed by atoms with Crippen LogP contribution < -0.4 is 0 Å². The van der Waals surface area contributed by atoms with Crippen molar-refractivity contribution in [1.29, 1.82) is 0 Å². The predicted molar refractivity (Wildman–Crippen MR) is 47.5 cm³/mol. The minimum atomic E-state index is 0.123. The van der Waals surface area contributed by atoms with E-state index in [0.717, 1.165) is 6.42 Å². The molecule has 1 fully saturated rings. The van der Waals surface area contributed by atoms with Crippen LogP contribution in [-0.2, 0) is 4.74 Å². The Hall–Kier alpha value is -0.560. The molecule has 0 spiro atoms. The van der Waals surface area contributed by atoms with Crippen molar-refractivity contribution >= 4 is 0 Å². The van der Waals surface area contributed by atoms with Crippen LogP contribution in [0.4, 0.5) is 0 Å². The summed E-state index contributed by atoms with van der Waals surface area (Å²) < 4.78 is 5.42. The highest BCUT2D eigenvalue weighted by Gasteiger charge is 2.46. The molecule has 1 nitrogen and oxygen atoms in total. The molecule has 11 heavy (non-hydrogen) atoms. The average molecular weight is 152 g/mol. The van der Waals surface area contributed by atoms with Crippen molar-refractivity contribution in [2.24, 2.45) is 0 Å². The van der Waals surface area contributed by atoms with Crippen LogP contribution in [0.1, 0.15) is 27.2 Å². The molecular formula is C10H16O. The summed E-state index contributed by atoms with van der Waals surface area (Å²) in [5, 5.41) is 0. The van der Waals surface area contributed by atoms with Crippen molar-refractivity contribution < 1.29 is 4.74 Å². The van der Waals surface area contributed by atoms with Crippen LogP contribution in [0.25, 0.3) is 0 Å². The third-order valence-electron chi connectivity index (χ3n) is 2.14. The van der Waals surface area contributed by atoms with E-state index in [0.29, 0.717) is 6.10 Å². The number of epoxide rings is 1.